The number of carbonyl (C=O) groups is 2. The van der Waals surface area contributed by atoms with Gasteiger partial charge < -0.3 is 14.2 Å². The van der Waals surface area contributed by atoms with E-state index < -0.39 is 5.60 Å². The van der Waals surface area contributed by atoms with Crippen molar-refractivity contribution >= 4 is 44.9 Å². The molecule has 36 heavy (non-hydrogen) atoms. The lowest BCUT2D eigenvalue weighted by molar-refractivity contribution is -0.115. The quantitative estimate of drug-likeness (QED) is 0.290. The molecule has 1 atom stereocenters. The second-order valence-electron chi connectivity index (χ2n) is 9.27. The Morgan fingerprint density at radius 3 is 2.61 bits per heavy atom. The average molecular weight is 573 g/mol. The maximum absolute atomic E-state index is 11.8. The van der Waals surface area contributed by atoms with Gasteiger partial charge in [0.2, 0.25) is 0 Å². The number of thioether (sulfide) groups is 1. The molecular weight excluding hydrogens is 542 g/mol. The summed E-state index contributed by atoms with van der Waals surface area (Å²) in [6.45, 7) is 11.3. The molecule has 2 aromatic carbocycles. The molecule has 2 heterocycles. The molecule has 0 aromatic heterocycles. The first-order valence-corrected chi connectivity index (χ1v) is 13.5. The number of halogens is 1. The smallest absolute Gasteiger partial charge is 0.290 e. The Labute approximate surface area is 224 Å². The molecule has 0 saturated carbocycles. The van der Waals surface area contributed by atoms with Crippen molar-refractivity contribution in [2.24, 2.45) is 0 Å². The minimum atomic E-state index is -0.483. The van der Waals surface area contributed by atoms with Crippen LogP contribution in [0.1, 0.15) is 48.1 Å². The molecular formula is C28H30BrNO5S. The van der Waals surface area contributed by atoms with Crippen LogP contribution in [0.4, 0.5) is 4.79 Å². The third kappa shape index (κ3) is 5.49. The van der Waals surface area contributed by atoms with E-state index >= 15 is 0 Å². The van der Waals surface area contributed by atoms with E-state index in [4.69, 9.17) is 14.2 Å². The first-order valence-electron chi connectivity index (χ1n) is 11.8. The van der Waals surface area contributed by atoms with Crippen molar-refractivity contribution in [3.63, 3.8) is 0 Å². The largest absolute Gasteiger partial charge is 0.489 e. The summed E-state index contributed by atoms with van der Waals surface area (Å²) in [7, 11) is 0. The predicted molar refractivity (Wildman–Crippen MR) is 147 cm³/mol. The van der Waals surface area contributed by atoms with Crippen molar-refractivity contribution in [3.8, 4) is 17.2 Å². The van der Waals surface area contributed by atoms with Gasteiger partial charge in [-0.05, 0) is 116 Å². The first-order chi connectivity index (χ1) is 17.1. The van der Waals surface area contributed by atoms with E-state index in [-0.39, 0.29) is 11.1 Å². The molecule has 2 aliphatic heterocycles. The Hall–Kier alpha value is -2.71. The lowest BCUT2D eigenvalue weighted by Gasteiger charge is -2.38. The third-order valence-electron chi connectivity index (χ3n) is 6.55. The highest BCUT2D eigenvalue weighted by Gasteiger charge is 2.36. The topological polar surface area (TPSA) is 73.9 Å². The molecule has 6 nitrogen and oxygen atoms in total. The summed E-state index contributed by atoms with van der Waals surface area (Å²) in [6, 6.07) is 5.57. The summed E-state index contributed by atoms with van der Waals surface area (Å²) in [6.07, 6.45) is 7.38. The third-order valence-corrected chi connectivity index (χ3v) is 7.98. The zero-order valence-corrected chi connectivity index (χ0v) is 23.5. The van der Waals surface area contributed by atoms with Crippen LogP contribution in [-0.2, 0) is 11.2 Å². The highest BCUT2D eigenvalue weighted by atomic mass is 79.9. The number of carbonyl (C=O) groups excluding carboxylic acids is 2. The second-order valence-corrected chi connectivity index (χ2v) is 11.1. The van der Waals surface area contributed by atoms with Gasteiger partial charge in [0.15, 0.2) is 0 Å². The van der Waals surface area contributed by atoms with E-state index in [9.17, 15) is 9.59 Å². The van der Waals surface area contributed by atoms with Gasteiger partial charge in [-0.2, -0.15) is 0 Å². The van der Waals surface area contributed by atoms with Gasteiger partial charge in [0.05, 0.1) is 9.38 Å². The monoisotopic (exact) mass is 571 g/mol. The van der Waals surface area contributed by atoms with Gasteiger partial charge >= 0.3 is 0 Å². The molecule has 0 spiro atoms. The number of ether oxygens (including phenoxy) is 3. The molecule has 1 saturated heterocycles. The highest BCUT2D eigenvalue weighted by molar-refractivity contribution is 9.10. The van der Waals surface area contributed by atoms with E-state index in [0.717, 1.165) is 62.8 Å². The van der Waals surface area contributed by atoms with Crippen LogP contribution in [0.25, 0.3) is 6.08 Å². The molecule has 0 aliphatic carbocycles. The summed E-state index contributed by atoms with van der Waals surface area (Å²) in [4.78, 5) is 23.6. The van der Waals surface area contributed by atoms with Gasteiger partial charge in [-0.1, -0.05) is 18.2 Å². The summed E-state index contributed by atoms with van der Waals surface area (Å²) >= 11 is 4.47. The van der Waals surface area contributed by atoms with Crippen LogP contribution >= 0.6 is 27.7 Å². The number of imide groups is 1. The van der Waals surface area contributed by atoms with Gasteiger partial charge in [-0.3, -0.25) is 14.9 Å². The number of amides is 2. The van der Waals surface area contributed by atoms with E-state index in [0.29, 0.717) is 23.9 Å². The Morgan fingerprint density at radius 2 is 1.94 bits per heavy atom. The van der Waals surface area contributed by atoms with Crippen molar-refractivity contribution in [2.45, 2.75) is 53.1 Å². The van der Waals surface area contributed by atoms with Crippen molar-refractivity contribution < 1.29 is 23.8 Å². The number of nitrogens with one attached hydrogen (secondary N) is 1. The minimum Gasteiger partial charge on any atom is -0.489 e. The van der Waals surface area contributed by atoms with Crippen LogP contribution in [-0.4, -0.2) is 30.0 Å². The lowest BCUT2D eigenvalue weighted by atomic mass is 9.87. The van der Waals surface area contributed by atoms with Crippen LogP contribution < -0.4 is 19.5 Å². The fourth-order valence-corrected chi connectivity index (χ4v) is 5.55. The van der Waals surface area contributed by atoms with Crippen LogP contribution in [0.3, 0.4) is 0 Å². The normalized spacial score (nSPS) is 20.4. The Kier molecular flexibility index (Phi) is 7.85. The van der Waals surface area contributed by atoms with E-state index in [1.165, 1.54) is 5.56 Å². The highest BCUT2D eigenvalue weighted by Crippen LogP contribution is 2.44. The molecule has 0 bridgehead atoms. The zero-order chi connectivity index (χ0) is 26.0. The van der Waals surface area contributed by atoms with Crippen LogP contribution in [0.5, 0.6) is 17.2 Å². The van der Waals surface area contributed by atoms with Gasteiger partial charge in [0.25, 0.3) is 11.1 Å². The van der Waals surface area contributed by atoms with Crippen molar-refractivity contribution in [3.05, 3.63) is 67.5 Å². The van der Waals surface area contributed by atoms with Crippen LogP contribution in [0, 0.1) is 20.8 Å². The maximum atomic E-state index is 11.8. The number of fused-ring (bicyclic) bond motifs is 1. The number of hydrogen-bond acceptors (Lipinski definition) is 6. The first kappa shape index (κ1) is 26.4. The standard InChI is InChI=1S/C28H30BrNO5S/c1-6-7-12-33-24-16(2)17(3)25-20(18(24)4)10-11-28(5,35-25)15-34-22-9-8-19(13-21(22)29)14-23-26(31)30-27(32)36-23/h6-9,13-14H,10-12,15H2,1-5H3,(H,30,31,32). The van der Waals surface area contributed by atoms with E-state index in [2.05, 4.69) is 48.9 Å². The van der Waals surface area contributed by atoms with Gasteiger partial charge in [-0.25, -0.2) is 0 Å². The predicted octanol–water partition coefficient (Wildman–Crippen LogP) is 6.82. The molecule has 0 radical (unpaired) electrons. The Morgan fingerprint density at radius 1 is 1.17 bits per heavy atom. The lowest BCUT2D eigenvalue weighted by Crippen LogP contribution is -2.42. The molecule has 8 heteroatoms. The molecule has 2 amide bonds. The summed E-state index contributed by atoms with van der Waals surface area (Å²) in [5.41, 5.74) is 4.86. The van der Waals surface area contributed by atoms with Crippen molar-refractivity contribution in [1.82, 2.24) is 5.32 Å². The van der Waals surface area contributed by atoms with Gasteiger partial charge in [0.1, 0.15) is 36.1 Å². The van der Waals surface area contributed by atoms with Crippen LogP contribution in [0.15, 0.2) is 39.7 Å². The van der Waals surface area contributed by atoms with Crippen LogP contribution in [0.2, 0.25) is 0 Å². The fourth-order valence-electron chi connectivity index (χ4n) is 4.35. The fraction of sp³-hybridized carbons (Fsp3) is 0.357. The molecule has 1 N–H and O–H groups in total. The summed E-state index contributed by atoms with van der Waals surface area (Å²) in [5, 5.41) is 1.91. The number of allylic oxidation sites excluding steroid dienone is 1. The average Bonchev–Trinajstić information content (AvgIpc) is 3.15. The molecule has 1 unspecified atom stereocenters. The summed E-state index contributed by atoms with van der Waals surface area (Å²) < 4.78 is 19.6. The van der Waals surface area contributed by atoms with E-state index in [1.54, 1.807) is 6.08 Å². The van der Waals surface area contributed by atoms with Crippen molar-refractivity contribution in [1.29, 1.82) is 0 Å². The molecule has 2 aromatic rings. The number of rotatable bonds is 7. The van der Waals surface area contributed by atoms with Gasteiger partial charge in [-0.15, -0.1) is 0 Å². The molecule has 2 aliphatic rings. The number of hydrogen-bond donors (Lipinski definition) is 1. The van der Waals surface area contributed by atoms with E-state index in [1.807, 2.05) is 37.3 Å². The zero-order valence-electron chi connectivity index (χ0n) is 21.1. The molecule has 190 valence electrons. The Bertz CT molecular complexity index is 1290. The molecule has 1 fully saturated rings. The minimum absolute atomic E-state index is 0.356. The second kappa shape index (κ2) is 10.7. The molecule has 4 rings (SSSR count). The summed E-state index contributed by atoms with van der Waals surface area (Å²) in [5.74, 6) is 2.19. The van der Waals surface area contributed by atoms with Gasteiger partial charge in [0, 0.05) is 5.56 Å². The SMILES string of the molecule is CC=CCOc1c(C)c(C)c2c(c1C)CCC(C)(COc1ccc(C=C3SC(=O)NC3=O)cc1Br)O2. The Balaban J connectivity index is 1.48. The number of benzene rings is 2. The maximum Gasteiger partial charge on any atom is 0.290 e. The van der Waals surface area contributed by atoms with Crippen molar-refractivity contribution in [2.75, 3.05) is 13.2 Å².